The van der Waals surface area contributed by atoms with Gasteiger partial charge in [-0.3, -0.25) is 14.5 Å². The number of esters is 1. The molecular formula is C20H16N2O4S. The molecule has 2 amide bonds. The van der Waals surface area contributed by atoms with E-state index in [4.69, 9.17) is 10.00 Å². The van der Waals surface area contributed by atoms with Crippen LogP contribution in [0, 0.1) is 11.3 Å². The molecule has 1 aliphatic rings. The number of carbonyl (C=O) groups is 3. The third-order valence-corrected chi connectivity index (χ3v) is 4.89. The number of nitriles is 1. The van der Waals surface area contributed by atoms with Gasteiger partial charge in [0.05, 0.1) is 22.8 Å². The van der Waals surface area contributed by atoms with Gasteiger partial charge in [0.25, 0.3) is 11.8 Å². The summed E-state index contributed by atoms with van der Waals surface area (Å²) in [5.41, 5.74) is 1.55. The maximum Gasteiger partial charge on any atom is 0.330 e. The van der Waals surface area contributed by atoms with Gasteiger partial charge < -0.3 is 4.74 Å². The van der Waals surface area contributed by atoms with Crippen LogP contribution in [-0.2, 0) is 16.1 Å². The Balaban J connectivity index is 1.80. The van der Waals surface area contributed by atoms with Gasteiger partial charge in [-0.25, -0.2) is 4.79 Å². The molecule has 3 rings (SSSR count). The lowest BCUT2D eigenvalue weighted by Gasteiger charge is -2.24. The van der Waals surface area contributed by atoms with Crippen LogP contribution < -0.4 is 0 Å². The molecule has 2 aromatic rings. The van der Waals surface area contributed by atoms with Gasteiger partial charge in [0.15, 0.2) is 0 Å². The number of nitrogens with zero attached hydrogens (tertiary/aromatic N) is 2. The van der Waals surface area contributed by atoms with Gasteiger partial charge in [0.2, 0.25) is 0 Å². The maximum atomic E-state index is 12.7. The quantitative estimate of drug-likeness (QED) is 0.565. The molecular weight excluding hydrogens is 364 g/mol. The Bertz CT molecular complexity index is 916. The summed E-state index contributed by atoms with van der Waals surface area (Å²) in [4.78, 5) is 38.9. The van der Waals surface area contributed by atoms with Crippen LogP contribution in [0.15, 0.2) is 48.5 Å². The number of carbonyl (C=O) groups excluding carboxylic acids is 3. The average molecular weight is 380 g/mol. The zero-order valence-corrected chi connectivity index (χ0v) is 15.4. The van der Waals surface area contributed by atoms with E-state index in [0.29, 0.717) is 11.1 Å². The number of hydrogen-bond acceptors (Lipinski definition) is 6. The van der Waals surface area contributed by atoms with Crippen LogP contribution in [0.25, 0.3) is 0 Å². The fourth-order valence-electron chi connectivity index (χ4n) is 2.90. The number of ether oxygens (including phenoxy) is 1. The van der Waals surface area contributed by atoms with Crippen LogP contribution in [0.1, 0.15) is 31.8 Å². The van der Waals surface area contributed by atoms with E-state index in [2.05, 4.69) is 0 Å². The van der Waals surface area contributed by atoms with Crippen molar-refractivity contribution < 1.29 is 19.1 Å². The zero-order valence-electron chi connectivity index (χ0n) is 14.5. The highest BCUT2D eigenvalue weighted by molar-refractivity contribution is 7.98. The van der Waals surface area contributed by atoms with Crippen molar-refractivity contribution in [3.63, 3.8) is 0 Å². The van der Waals surface area contributed by atoms with Crippen LogP contribution in [0.5, 0.6) is 0 Å². The Morgan fingerprint density at radius 2 is 1.70 bits per heavy atom. The molecule has 6 nitrogen and oxygen atoms in total. The van der Waals surface area contributed by atoms with E-state index in [0.717, 1.165) is 4.90 Å². The number of rotatable bonds is 6. The molecule has 7 heteroatoms. The van der Waals surface area contributed by atoms with E-state index in [9.17, 15) is 14.4 Å². The van der Waals surface area contributed by atoms with Crippen molar-refractivity contribution in [2.24, 2.45) is 0 Å². The Morgan fingerprint density at radius 3 is 2.30 bits per heavy atom. The number of hydrogen-bond donors (Lipinski definition) is 0. The third kappa shape index (κ3) is 3.57. The third-order valence-electron chi connectivity index (χ3n) is 4.24. The van der Waals surface area contributed by atoms with Gasteiger partial charge in [-0.2, -0.15) is 17.0 Å². The van der Waals surface area contributed by atoms with Crippen molar-refractivity contribution >= 4 is 29.5 Å². The molecule has 0 bridgehead atoms. The van der Waals surface area contributed by atoms with Gasteiger partial charge in [0.1, 0.15) is 12.6 Å². The maximum absolute atomic E-state index is 12.7. The lowest BCUT2D eigenvalue weighted by molar-refractivity contribution is -0.148. The lowest BCUT2D eigenvalue weighted by Crippen LogP contribution is -2.47. The van der Waals surface area contributed by atoms with E-state index < -0.39 is 23.8 Å². The van der Waals surface area contributed by atoms with Crippen LogP contribution >= 0.6 is 11.8 Å². The highest BCUT2D eigenvalue weighted by atomic mass is 32.2. The van der Waals surface area contributed by atoms with E-state index in [1.165, 1.54) is 11.8 Å². The molecule has 0 radical (unpaired) electrons. The largest absolute Gasteiger partial charge is 0.459 e. The normalized spacial score (nSPS) is 13.9. The number of imide groups is 1. The van der Waals surface area contributed by atoms with E-state index in [1.54, 1.807) is 54.8 Å². The van der Waals surface area contributed by atoms with E-state index in [1.807, 2.05) is 6.07 Å². The molecule has 0 saturated carbocycles. The number of fused-ring (bicyclic) bond motifs is 1. The summed E-state index contributed by atoms with van der Waals surface area (Å²) in [5, 5.41) is 9.13. The summed E-state index contributed by atoms with van der Waals surface area (Å²) >= 11 is 1.34. The standard InChI is InChI=1S/C20H16N2O4S/c1-27-12-17(20(25)26-11-14-7-3-2-6-13(14)10-21)22-18(23)15-8-4-5-9-16(15)19(22)24/h2-9,17H,11-12H2,1H3/t17-/m1/s1. The summed E-state index contributed by atoms with van der Waals surface area (Å²) in [6.45, 7) is -0.101. The number of amides is 2. The molecule has 2 aromatic carbocycles. The van der Waals surface area contributed by atoms with Gasteiger partial charge in [0, 0.05) is 11.3 Å². The predicted molar refractivity (Wildman–Crippen MR) is 100 cm³/mol. The van der Waals surface area contributed by atoms with Crippen molar-refractivity contribution in [1.29, 1.82) is 5.26 Å². The highest BCUT2D eigenvalue weighted by Gasteiger charge is 2.43. The molecule has 136 valence electrons. The first-order valence-corrected chi connectivity index (χ1v) is 9.58. The molecule has 0 N–H and O–H groups in total. The first kappa shape index (κ1) is 18.7. The summed E-state index contributed by atoms with van der Waals surface area (Å²) in [6, 6.07) is 14.3. The minimum atomic E-state index is -1.03. The molecule has 0 aromatic heterocycles. The summed E-state index contributed by atoms with van der Waals surface area (Å²) in [7, 11) is 0. The van der Waals surface area contributed by atoms with Crippen molar-refractivity contribution in [3.05, 3.63) is 70.8 Å². The molecule has 1 atom stereocenters. The van der Waals surface area contributed by atoms with Gasteiger partial charge in [-0.1, -0.05) is 30.3 Å². The first-order valence-electron chi connectivity index (χ1n) is 8.19. The molecule has 27 heavy (non-hydrogen) atoms. The number of benzene rings is 2. The monoisotopic (exact) mass is 380 g/mol. The van der Waals surface area contributed by atoms with Crippen LogP contribution in [0.2, 0.25) is 0 Å². The predicted octanol–water partition coefficient (Wildman–Crippen LogP) is 2.63. The summed E-state index contributed by atoms with van der Waals surface area (Å²) in [5.74, 6) is -1.44. The fraction of sp³-hybridized carbons (Fsp3) is 0.200. The molecule has 0 spiro atoms. The average Bonchev–Trinajstić information content (AvgIpc) is 2.95. The zero-order chi connectivity index (χ0) is 19.4. The topological polar surface area (TPSA) is 87.5 Å². The SMILES string of the molecule is CSC[C@H](C(=O)OCc1ccccc1C#N)N1C(=O)c2ccccc2C1=O. The fourth-order valence-corrected chi connectivity index (χ4v) is 3.50. The Kier molecular flexibility index (Phi) is 5.57. The summed E-state index contributed by atoms with van der Waals surface area (Å²) in [6.07, 6.45) is 1.78. The lowest BCUT2D eigenvalue weighted by atomic mass is 10.1. The Labute approximate surface area is 160 Å². The van der Waals surface area contributed by atoms with E-state index in [-0.39, 0.29) is 23.5 Å². The second-order valence-corrected chi connectivity index (χ2v) is 6.78. The second kappa shape index (κ2) is 8.06. The number of thioether (sulfide) groups is 1. The second-order valence-electron chi connectivity index (χ2n) is 5.87. The Hall–Kier alpha value is -3.11. The van der Waals surface area contributed by atoms with Crippen LogP contribution in [0.4, 0.5) is 0 Å². The molecule has 0 saturated heterocycles. The van der Waals surface area contributed by atoms with E-state index >= 15 is 0 Å². The highest BCUT2D eigenvalue weighted by Crippen LogP contribution is 2.26. The van der Waals surface area contributed by atoms with Crippen LogP contribution in [-0.4, -0.2) is 40.7 Å². The first-order chi connectivity index (χ1) is 13.1. The minimum Gasteiger partial charge on any atom is -0.459 e. The van der Waals surface area contributed by atoms with Crippen molar-refractivity contribution in [1.82, 2.24) is 4.90 Å². The van der Waals surface area contributed by atoms with Gasteiger partial charge in [-0.15, -0.1) is 0 Å². The minimum absolute atomic E-state index is 0.101. The molecule has 0 unspecified atom stereocenters. The smallest absolute Gasteiger partial charge is 0.330 e. The van der Waals surface area contributed by atoms with Crippen molar-refractivity contribution in [2.75, 3.05) is 12.0 Å². The van der Waals surface area contributed by atoms with Gasteiger partial charge >= 0.3 is 5.97 Å². The van der Waals surface area contributed by atoms with Crippen molar-refractivity contribution in [3.8, 4) is 6.07 Å². The molecule has 1 aliphatic heterocycles. The Morgan fingerprint density at radius 1 is 1.11 bits per heavy atom. The molecule has 0 fully saturated rings. The van der Waals surface area contributed by atoms with Crippen LogP contribution in [0.3, 0.4) is 0 Å². The summed E-state index contributed by atoms with van der Waals surface area (Å²) < 4.78 is 5.34. The molecule has 0 aliphatic carbocycles. The van der Waals surface area contributed by atoms with Gasteiger partial charge in [-0.05, 0) is 24.5 Å². The molecule has 1 heterocycles. The van der Waals surface area contributed by atoms with Crippen molar-refractivity contribution in [2.45, 2.75) is 12.6 Å².